The van der Waals surface area contributed by atoms with Crippen molar-refractivity contribution in [3.8, 4) is 0 Å². The van der Waals surface area contributed by atoms with E-state index in [-0.39, 0.29) is 5.41 Å². The average molecular weight is 198 g/mol. The van der Waals surface area contributed by atoms with Crippen molar-refractivity contribution in [2.75, 3.05) is 6.54 Å². The van der Waals surface area contributed by atoms with Gasteiger partial charge in [-0.1, -0.05) is 13.8 Å². The highest BCUT2D eigenvalue weighted by Crippen LogP contribution is 2.30. The van der Waals surface area contributed by atoms with E-state index < -0.39 is 0 Å². The molecule has 2 nitrogen and oxygen atoms in total. The van der Waals surface area contributed by atoms with Gasteiger partial charge in [-0.15, -0.1) is 11.3 Å². The Balaban J connectivity index is 2.67. The Hall–Kier alpha value is -0.410. The molecule has 0 amide bonds. The zero-order valence-electron chi connectivity index (χ0n) is 8.42. The molecule has 13 heavy (non-hydrogen) atoms. The molecule has 1 aromatic rings. The monoisotopic (exact) mass is 198 g/mol. The second-order valence-electron chi connectivity index (χ2n) is 3.51. The van der Waals surface area contributed by atoms with Gasteiger partial charge in [-0.25, -0.2) is 4.98 Å². The van der Waals surface area contributed by atoms with E-state index in [9.17, 15) is 0 Å². The van der Waals surface area contributed by atoms with Gasteiger partial charge in [0.05, 0.1) is 5.01 Å². The lowest BCUT2D eigenvalue weighted by molar-refractivity contribution is 0.271. The Morgan fingerprint density at radius 1 is 1.46 bits per heavy atom. The second-order valence-corrected chi connectivity index (χ2v) is 4.49. The van der Waals surface area contributed by atoms with Gasteiger partial charge in [0.25, 0.3) is 0 Å². The minimum Gasteiger partial charge on any atom is -0.330 e. The Morgan fingerprint density at radius 3 is 2.54 bits per heavy atom. The van der Waals surface area contributed by atoms with Gasteiger partial charge in [-0.3, -0.25) is 0 Å². The lowest BCUT2D eigenvalue weighted by atomic mass is 9.79. The van der Waals surface area contributed by atoms with Crippen LogP contribution in [0.5, 0.6) is 0 Å². The topological polar surface area (TPSA) is 38.9 Å². The van der Waals surface area contributed by atoms with Gasteiger partial charge in [0.1, 0.15) is 0 Å². The first kappa shape index (κ1) is 10.7. The third kappa shape index (κ3) is 2.51. The third-order valence-electron chi connectivity index (χ3n) is 2.94. The van der Waals surface area contributed by atoms with Gasteiger partial charge in [-0.2, -0.15) is 0 Å². The maximum absolute atomic E-state index is 5.82. The first-order chi connectivity index (χ1) is 6.26. The smallest absolute Gasteiger partial charge is 0.0930 e. The summed E-state index contributed by atoms with van der Waals surface area (Å²) in [6, 6.07) is 0. The molecule has 0 bridgehead atoms. The molecule has 0 spiro atoms. The van der Waals surface area contributed by atoms with E-state index in [1.54, 1.807) is 11.3 Å². The van der Waals surface area contributed by atoms with Crippen LogP contribution in [0.3, 0.4) is 0 Å². The predicted octanol–water partition coefficient (Wildman–Crippen LogP) is 2.45. The Bertz CT molecular complexity index is 219. The fourth-order valence-corrected chi connectivity index (χ4v) is 2.31. The molecule has 1 heterocycles. The van der Waals surface area contributed by atoms with Gasteiger partial charge in [0.15, 0.2) is 0 Å². The molecule has 74 valence electrons. The Labute approximate surface area is 84.2 Å². The highest BCUT2D eigenvalue weighted by molar-refractivity contribution is 7.09. The van der Waals surface area contributed by atoms with Crippen molar-refractivity contribution < 1.29 is 0 Å². The van der Waals surface area contributed by atoms with Crippen molar-refractivity contribution in [3.05, 3.63) is 16.6 Å². The Kier molecular flexibility index (Phi) is 3.88. The fraction of sp³-hybridized carbons (Fsp3) is 0.700. The summed E-state index contributed by atoms with van der Waals surface area (Å²) in [6.45, 7) is 5.19. The van der Waals surface area contributed by atoms with E-state index in [0.29, 0.717) is 0 Å². The summed E-state index contributed by atoms with van der Waals surface area (Å²) < 4.78 is 0. The van der Waals surface area contributed by atoms with Crippen molar-refractivity contribution in [2.45, 2.75) is 33.1 Å². The van der Waals surface area contributed by atoms with E-state index in [1.807, 2.05) is 11.6 Å². The zero-order chi connectivity index (χ0) is 9.73. The van der Waals surface area contributed by atoms with Crippen LogP contribution >= 0.6 is 11.3 Å². The van der Waals surface area contributed by atoms with Crippen LogP contribution in [0, 0.1) is 5.41 Å². The predicted molar refractivity (Wildman–Crippen MR) is 57.9 cm³/mol. The number of aromatic nitrogens is 1. The van der Waals surface area contributed by atoms with Crippen LogP contribution in [-0.2, 0) is 6.42 Å². The minimum absolute atomic E-state index is 0.276. The van der Waals surface area contributed by atoms with Gasteiger partial charge in [0, 0.05) is 18.0 Å². The van der Waals surface area contributed by atoms with E-state index in [0.717, 1.165) is 25.8 Å². The van der Waals surface area contributed by atoms with Gasteiger partial charge < -0.3 is 5.73 Å². The van der Waals surface area contributed by atoms with E-state index in [4.69, 9.17) is 5.73 Å². The first-order valence-corrected chi connectivity index (χ1v) is 5.72. The lowest BCUT2D eigenvalue weighted by Gasteiger charge is -2.28. The summed E-state index contributed by atoms with van der Waals surface area (Å²) in [5.74, 6) is 0. The van der Waals surface area contributed by atoms with Crippen LogP contribution in [0.25, 0.3) is 0 Å². The normalized spacial score (nSPS) is 11.9. The SMILES string of the molecule is CCC(CC)(CN)Cc1nccs1. The number of thiazole rings is 1. The molecule has 3 heteroatoms. The Morgan fingerprint density at radius 2 is 2.15 bits per heavy atom. The third-order valence-corrected chi connectivity index (χ3v) is 3.72. The standard InChI is InChI=1S/C10H18N2S/c1-3-10(4-2,8-11)7-9-12-5-6-13-9/h5-6H,3-4,7-8,11H2,1-2H3. The van der Waals surface area contributed by atoms with E-state index >= 15 is 0 Å². The lowest BCUT2D eigenvalue weighted by Crippen LogP contribution is -2.31. The molecule has 1 rings (SSSR count). The van der Waals surface area contributed by atoms with Gasteiger partial charge in [-0.05, 0) is 24.8 Å². The molecule has 0 aromatic carbocycles. The second kappa shape index (κ2) is 4.72. The van der Waals surface area contributed by atoms with Crippen molar-refractivity contribution >= 4 is 11.3 Å². The van der Waals surface area contributed by atoms with E-state index in [2.05, 4.69) is 18.8 Å². The number of rotatable bonds is 5. The molecule has 0 fully saturated rings. The number of hydrogen-bond acceptors (Lipinski definition) is 3. The molecule has 0 saturated carbocycles. The zero-order valence-corrected chi connectivity index (χ0v) is 9.23. The summed E-state index contributed by atoms with van der Waals surface area (Å²) in [6.07, 6.45) is 5.18. The first-order valence-electron chi connectivity index (χ1n) is 4.85. The molecule has 0 saturated heterocycles. The largest absolute Gasteiger partial charge is 0.330 e. The quantitative estimate of drug-likeness (QED) is 0.789. The van der Waals surface area contributed by atoms with Gasteiger partial charge in [0.2, 0.25) is 0 Å². The molecule has 0 aliphatic heterocycles. The van der Waals surface area contributed by atoms with Crippen LogP contribution in [0.15, 0.2) is 11.6 Å². The maximum Gasteiger partial charge on any atom is 0.0930 e. The summed E-state index contributed by atoms with van der Waals surface area (Å²) >= 11 is 1.73. The highest BCUT2D eigenvalue weighted by atomic mass is 32.1. The van der Waals surface area contributed by atoms with Crippen molar-refractivity contribution in [1.29, 1.82) is 0 Å². The van der Waals surface area contributed by atoms with Crippen molar-refractivity contribution in [1.82, 2.24) is 4.98 Å². The molecule has 0 aliphatic rings. The molecule has 0 radical (unpaired) electrons. The molecular formula is C10H18N2S. The van der Waals surface area contributed by atoms with Crippen LogP contribution in [0.2, 0.25) is 0 Å². The van der Waals surface area contributed by atoms with E-state index in [1.165, 1.54) is 5.01 Å². The molecule has 2 N–H and O–H groups in total. The summed E-state index contributed by atoms with van der Waals surface area (Å²) in [7, 11) is 0. The van der Waals surface area contributed by atoms with Crippen molar-refractivity contribution in [3.63, 3.8) is 0 Å². The summed E-state index contributed by atoms with van der Waals surface area (Å²) in [5.41, 5.74) is 6.10. The number of nitrogens with zero attached hydrogens (tertiary/aromatic N) is 1. The molecular weight excluding hydrogens is 180 g/mol. The molecule has 1 aromatic heterocycles. The highest BCUT2D eigenvalue weighted by Gasteiger charge is 2.25. The minimum atomic E-state index is 0.276. The molecule has 0 atom stereocenters. The number of hydrogen-bond donors (Lipinski definition) is 1. The van der Waals surface area contributed by atoms with Crippen LogP contribution in [-0.4, -0.2) is 11.5 Å². The fourth-order valence-electron chi connectivity index (χ4n) is 1.52. The summed E-state index contributed by atoms with van der Waals surface area (Å²) in [4.78, 5) is 4.31. The van der Waals surface area contributed by atoms with Crippen LogP contribution in [0.1, 0.15) is 31.7 Å². The van der Waals surface area contributed by atoms with Crippen LogP contribution in [0.4, 0.5) is 0 Å². The van der Waals surface area contributed by atoms with Crippen molar-refractivity contribution in [2.24, 2.45) is 11.1 Å². The average Bonchev–Trinajstić information content (AvgIpc) is 2.67. The van der Waals surface area contributed by atoms with Crippen LogP contribution < -0.4 is 5.73 Å². The molecule has 0 unspecified atom stereocenters. The maximum atomic E-state index is 5.82. The summed E-state index contributed by atoms with van der Waals surface area (Å²) in [5, 5.41) is 3.25. The number of nitrogens with two attached hydrogens (primary N) is 1. The van der Waals surface area contributed by atoms with Gasteiger partial charge >= 0.3 is 0 Å². The molecule has 0 aliphatic carbocycles.